The van der Waals surface area contributed by atoms with E-state index in [2.05, 4.69) is 0 Å². The molecule has 0 aliphatic rings. The monoisotopic (exact) mass is 168 g/mol. The van der Waals surface area contributed by atoms with Gasteiger partial charge in [0.15, 0.2) is 0 Å². The van der Waals surface area contributed by atoms with E-state index in [1.165, 1.54) is 6.92 Å². The quantitative estimate of drug-likeness (QED) is 0.601. The minimum absolute atomic E-state index is 0.118. The third kappa shape index (κ3) is 3.43. The Morgan fingerprint density at radius 3 is 2.00 bits per heavy atom. The van der Waals surface area contributed by atoms with Gasteiger partial charge in [-0.25, -0.2) is 0 Å². The van der Waals surface area contributed by atoms with Crippen LogP contribution in [-0.4, -0.2) is 23.3 Å². The third-order valence-corrected chi connectivity index (χ3v) is 1.03. The van der Waals surface area contributed by atoms with Crippen LogP contribution in [-0.2, 0) is 0 Å². The SMILES string of the molecule is CC/C=C(\B(O)O)C(F)(F)F. The van der Waals surface area contributed by atoms with Gasteiger partial charge in [-0.15, -0.1) is 0 Å². The van der Waals surface area contributed by atoms with Crippen molar-refractivity contribution in [3.63, 3.8) is 0 Å². The van der Waals surface area contributed by atoms with Crippen molar-refractivity contribution >= 4 is 7.12 Å². The molecule has 0 saturated carbocycles. The zero-order chi connectivity index (χ0) is 9.07. The normalized spacial score (nSPS) is 13.5. The molecule has 2 N–H and O–H groups in total. The minimum Gasteiger partial charge on any atom is -0.423 e. The largest absolute Gasteiger partial charge is 0.493 e. The lowest BCUT2D eigenvalue weighted by Crippen LogP contribution is -2.27. The van der Waals surface area contributed by atoms with Crippen molar-refractivity contribution in [2.45, 2.75) is 19.5 Å². The van der Waals surface area contributed by atoms with Crippen molar-refractivity contribution in [2.24, 2.45) is 0 Å². The van der Waals surface area contributed by atoms with Crippen LogP contribution in [0.4, 0.5) is 13.2 Å². The fourth-order valence-corrected chi connectivity index (χ4v) is 0.587. The molecule has 2 nitrogen and oxygen atoms in total. The molecule has 6 heteroatoms. The lowest BCUT2D eigenvalue weighted by Gasteiger charge is -2.09. The molecule has 0 spiro atoms. The molecule has 0 heterocycles. The Labute approximate surface area is 62.5 Å². The maximum Gasteiger partial charge on any atom is 0.493 e. The molecule has 0 aliphatic heterocycles. The summed E-state index contributed by atoms with van der Waals surface area (Å²) in [4.78, 5) is 0. The van der Waals surface area contributed by atoms with Gasteiger partial charge in [0.05, 0.1) is 5.47 Å². The van der Waals surface area contributed by atoms with Crippen LogP contribution in [0.1, 0.15) is 13.3 Å². The second kappa shape index (κ2) is 3.78. The van der Waals surface area contributed by atoms with Gasteiger partial charge in [0.25, 0.3) is 0 Å². The van der Waals surface area contributed by atoms with Gasteiger partial charge in [-0.2, -0.15) is 13.2 Å². The summed E-state index contributed by atoms with van der Waals surface area (Å²) >= 11 is 0. The van der Waals surface area contributed by atoms with Gasteiger partial charge in [0.1, 0.15) is 0 Å². The van der Waals surface area contributed by atoms with Gasteiger partial charge >= 0.3 is 13.3 Å². The second-order valence-electron chi connectivity index (χ2n) is 1.94. The lowest BCUT2D eigenvalue weighted by molar-refractivity contribution is -0.0877. The smallest absolute Gasteiger partial charge is 0.423 e. The molecule has 0 amide bonds. The highest BCUT2D eigenvalue weighted by molar-refractivity contribution is 6.51. The van der Waals surface area contributed by atoms with Crippen LogP contribution in [0, 0.1) is 0 Å². The van der Waals surface area contributed by atoms with Crippen LogP contribution in [0.15, 0.2) is 11.5 Å². The predicted octanol–water partition coefficient (Wildman–Crippen LogP) is 0.897. The van der Waals surface area contributed by atoms with E-state index in [0.29, 0.717) is 0 Å². The summed E-state index contributed by atoms with van der Waals surface area (Å²) in [6.07, 6.45) is -3.79. The molecule has 0 aromatic heterocycles. The van der Waals surface area contributed by atoms with Crippen molar-refractivity contribution in [3.8, 4) is 0 Å². The van der Waals surface area contributed by atoms with Crippen LogP contribution in [0.25, 0.3) is 0 Å². The number of alkyl halides is 3. The Morgan fingerprint density at radius 2 is 1.91 bits per heavy atom. The van der Waals surface area contributed by atoms with E-state index >= 15 is 0 Å². The molecule has 0 unspecified atom stereocenters. The van der Waals surface area contributed by atoms with Crippen LogP contribution < -0.4 is 0 Å². The Kier molecular flexibility index (Phi) is 3.61. The summed E-state index contributed by atoms with van der Waals surface area (Å²) < 4.78 is 35.3. The summed E-state index contributed by atoms with van der Waals surface area (Å²) in [6.45, 7) is 1.48. The van der Waals surface area contributed by atoms with Crippen molar-refractivity contribution < 1.29 is 23.2 Å². The summed E-state index contributed by atoms with van der Waals surface area (Å²) in [6, 6.07) is 0. The Morgan fingerprint density at radius 1 is 1.45 bits per heavy atom. The van der Waals surface area contributed by atoms with E-state index in [-0.39, 0.29) is 6.42 Å². The molecule has 0 rings (SSSR count). The molecule has 0 radical (unpaired) electrons. The first kappa shape index (κ1) is 10.5. The number of halogens is 3. The Bertz CT molecular complexity index is 152. The summed E-state index contributed by atoms with van der Waals surface area (Å²) in [5, 5.41) is 16.5. The number of allylic oxidation sites excluding steroid dienone is 2. The first-order valence-electron chi connectivity index (χ1n) is 3.03. The second-order valence-corrected chi connectivity index (χ2v) is 1.94. The van der Waals surface area contributed by atoms with Crippen LogP contribution in [0.2, 0.25) is 0 Å². The van der Waals surface area contributed by atoms with E-state index in [1.807, 2.05) is 0 Å². The summed E-state index contributed by atoms with van der Waals surface area (Å²) in [5.41, 5.74) is -1.31. The average Bonchev–Trinajstić information content (AvgIpc) is 1.79. The molecular weight excluding hydrogens is 160 g/mol. The molecule has 0 aromatic carbocycles. The molecule has 0 atom stereocenters. The lowest BCUT2D eigenvalue weighted by atomic mass is 9.78. The van der Waals surface area contributed by atoms with Crippen molar-refractivity contribution in [3.05, 3.63) is 11.5 Å². The Balaban J connectivity index is 4.49. The van der Waals surface area contributed by atoms with Crippen molar-refractivity contribution in [1.29, 1.82) is 0 Å². The van der Waals surface area contributed by atoms with Crippen molar-refractivity contribution in [2.75, 3.05) is 0 Å². The minimum atomic E-state index is -4.65. The fraction of sp³-hybridized carbons (Fsp3) is 0.600. The zero-order valence-electron chi connectivity index (χ0n) is 5.89. The highest BCUT2D eigenvalue weighted by Gasteiger charge is 2.40. The van der Waals surface area contributed by atoms with Gasteiger partial charge in [0, 0.05) is 0 Å². The highest BCUT2D eigenvalue weighted by Crippen LogP contribution is 2.26. The highest BCUT2D eigenvalue weighted by atomic mass is 19.4. The molecule has 0 bridgehead atoms. The molecule has 0 saturated heterocycles. The number of hydrogen-bond acceptors (Lipinski definition) is 2. The van der Waals surface area contributed by atoms with Crippen LogP contribution in [0.5, 0.6) is 0 Å². The van der Waals surface area contributed by atoms with E-state index in [1.54, 1.807) is 0 Å². The number of hydrogen-bond donors (Lipinski definition) is 2. The van der Waals surface area contributed by atoms with Gasteiger partial charge in [0.2, 0.25) is 0 Å². The molecule has 0 fully saturated rings. The maximum atomic E-state index is 11.8. The standard InChI is InChI=1S/C5H8BF3O2/c1-2-3-4(6(10)11)5(7,8)9/h3,10-11H,2H2,1H3/b4-3-. The van der Waals surface area contributed by atoms with Gasteiger partial charge in [-0.05, 0) is 6.42 Å². The molecule has 64 valence electrons. The topological polar surface area (TPSA) is 40.5 Å². The predicted molar refractivity (Wildman–Crippen MR) is 34.6 cm³/mol. The fourth-order valence-electron chi connectivity index (χ4n) is 0.587. The van der Waals surface area contributed by atoms with Crippen LogP contribution >= 0.6 is 0 Å². The average molecular weight is 168 g/mol. The molecular formula is C5H8BF3O2. The first-order valence-corrected chi connectivity index (χ1v) is 3.03. The third-order valence-electron chi connectivity index (χ3n) is 1.03. The Hall–Kier alpha value is -0.485. The maximum absolute atomic E-state index is 11.8. The molecule has 11 heavy (non-hydrogen) atoms. The van der Waals surface area contributed by atoms with Gasteiger partial charge < -0.3 is 10.0 Å². The van der Waals surface area contributed by atoms with E-state index < -0.39 is 18.8 Å². The van der Waals surface area contributed by atoms with E-state index in [9.17, 15) is 13.2 Å². The first-order chi connectivity index (χ1) is 4.89. The number of rotatable bonds is 2. The summed E-state index contributed by atoms with van der Waals surface area (Å²) in [7, 11) is -2.44. The van der Waals surface area contributed by atoms with Gasteiger partial charge in [-0.3, -0.25) is 0 Å². The van der Waals surface area contributed by atoms with Crippen molar-refractivity contribution in [1.82, 2.24) is 0 Å². The van der Waals surface area contributed by atoms with Crippen LogP contribution in [0.3, 0.4) is 0 Å². The van der Waals surface area contributed by atoms with Gasteiger partial charge in [-0.1, -0.05) is 13.0 Å². The van der Waals surface area contributed by atoms with E-state index in [0.717, 1.165) is 6.08 Å². The van der Waals surface area contributed by atoms with E-state index in [4.69, 9.17) is 10.0 Å². The summed E-state index contributed by atoms with van der Waals surface area (Å²) in [5.74, 6) is 0. The molecule has 0 aromatic rings. The molecule has 0 aliphatic carbocycles. The zero-order valence-corrected chi connectivity index (χ0v) is 5.89.